The third-order valence-electron chi connectivity index (χ3n) is 2.89. The molecule has 0 bridgehead atoms. The number of aliphatic hydroxyl groups is 1. The van der Waals surface area contributed by atoms with Crippen molar-refractivity contribution in [3.8, 4) is 0 Å². The number of amides is 2. The fraction of sp³-hybridized carbons (Fsp3) is 0.800. The molecular formula is C10H19N3O4. The molecule has 1 atom stereocenters. The molecule has 1 fully saturated rings. The van der Waals surface area contributed by atoms with Gasteiger partial charge in [0.15, 0.2) is 6.04 Å². The number of carbonyl (C=O) groups excluding carboxylic acids is 1. The van der Waals surface area contributed by atoms with Crippen molar-refractivity contribution in [3.63, 3.8) is 0 Å². The quantitative estimate of drug-likeness (QED) is 0.577. The highest BCUT2D eigenvalue weighted by molar-refractivity contribution is 5.82. The third-order valence-corrected chi connectivity index (χ3v) is 2.89. The summed E-state index contributed by atoms with van der Waals surface area (Å²) in [6.45, 7) is 5.15. The lowest BCUT2D eigenvalue weighted by atomic mass is 10.3. The molecule has 0 saturated carbocycles. The monoisotopic (exact) mass is 245 g/mol. The van der Waals surface area contributed by atoms with Crippen molar-refractivity contribution >= 4 is 12.0 Å². The van der Waals surface area contributed by atoms with Gasteiger partial charge in [0.1, 0.15) is 0 Å². The normalized spacial score (nSPS) is 18.8. The van der Waals surface area contributed by atoms with Gasteiger partial charge in [0.05, 0.1) is 6.61 Å². The fourth-order valence-corrected chi connectivity index (χ4v) is 1.69. The van der Waals surface area contributed by atoms with Crippen LogP contribution in [-0.4, -0.2) is 77.4 Å². The summed E-state index contributed by atoms with van der Waals surface area (Å²) >= 11 is 0. The van der Waals surface area contributed by atoms with Crippen LogP contribution in [-0.2, 0) is 4.79 Å². The highest BCUT2D eigenvalue weighted by Gasteiger charge is 2.24. The highest BCUT2D eigenvalue weighted by atomic mass is 16.4. The molecule has 7 heteroatoms. The van der Waals surface area contributed by atoms with E-state index in [2.05, 4.69) is 17.1 Å². The number of aliphatic hydroxyl groups excluding tert-OH is 1. The number of carbonyl (C=O) groups is 2. The van der Waals surface area contributed by atoms with Crippen molar-refractivity contribution in [2.45, 2.75) is 13.0 Å². The molecule has 1 rings (SSSR count). The van der Waals surface area contributed by atoms with Gasteiger partial charge in [0.2, 0.25) is 0 Å². The van der Waals surface area contributed by atoms with Gasteiger partial charge < -0.3 is 25.3 Å². The van der Waals surface area contributed by atoms with Gasteiger partial charge in [-0.25, -0.2) is 9.59 Å². The molecule has 7 nitrogen and oxygen atoms in total. The molecule has 1 saturated heterocycles. The summed E-state index contributed by atoms with van der Waals surface area (Å²) in [4.78, 5) is 26.1. The summed E-state index contributed by atoms with van der Waals surface area (Å²) < 4.78 is 0. The topological polar surface area (TPSA) is 93.1 Å². The van der Waals surface area contributed by atoms with Gasteiger partial charge in [-0.15, -0.1) is 0 Å². The zero-order chi connectivity index (χ0) is 12.8. The molecule has 2 amide bonds. The standard InChI is InChI=1S/C10H19N3O4/c1-2-12-3-5-13(6-4-12)10(17)11-8(7-14)9(15)16/h8,14H,2-7H2,1H3,(H,11,17)(H,15,16)/t8-/m1/s1. The number of likely N-dealkylation sites (N-methyl/N-ethyl adjacent to an activating group) is 1. The lowest BCUT2D eigenvalue weighted by Crippen LogP contribution is -2.55. The van der Waals surface area contributed by atoms with Crippen LogP contribution in [0.4, 0.5) is 4.79 Å². The summed E-state index contributed by atoms with van der Waals surface area (Å²) in [5.41, 5.74) is 0. The zero-order valence-corrected chi connectivity index (χ0v) is 9.93. The number of aliphatic carboxylic acids is 1. The molecule has 98 valence electrons. The van der Waals surface area contributed by atoms with E-state index in [4.69, 9.17) is 10.2 Å². The Morgan fingerprint density at radius 3 is 2.29 bits per heavy atom. The summed E-state index contributed by atoms with van der Waals surface area (Å²) in [6.07, 6.45) is 0. The fourth-order valence-electron chi connectivity index (χ4n) is 1.69. The maximum Gasteiger partial charge on any atom is 0.328 e. The van der Waals surface area contributed by atoms with Gasteiger partial charge in [-0.3, -0.25) is 0 Å². The van der Waals surface area contributed by atoms with Crippen LogP contribution in [0.15, 0.2) is 0 Å². The summed E-state index contributed by atoms with van der Waals surface area (Å²) in [5, 5.41) is 19.8. The van der Waals surface area contributed by atoms with Gasteiger partial charge in [0, 0.05) is 26.2 Å². The van der Waals surface area contributed by atoms with Crippen LogP contribution in [0.1, 0.15) is 6.92 Å². The predicted molar refractivity (Wildman–Crippen MR) is 60.7 cm³/mol. The van der Waals surface area contributed by atoms with Crippen molar-refractivity contribution in [3.05, 3.63) is 0 Å². The Labute approximate surface area is 100.0 Å². The van der Waals surface area contributed by atoms with Gasteiger partial charge in [-0.1, -0.05) is 6.92 Å². The first-order chi connectivity index (χ1) is 8.08. The molecule has 0 unspecified atom stereocenters. The molecule has 0 radical (unpaired) electrons. The minimum Gasteiger partial charge on any atom is -0.480 e. The summed E-state index contributed by atoms with van der Waals surface area (Å²) in [5.74, 6) is -1.23. The molecule has 1 aliphatic rings. The van der Waals surface area contributed by atoms with E-state index in [1.165, 1.54) is 0 Å². The minimum atomic E-state index is -1.23. The molecular weight excluding hydrogens is 226 g/mol. The number of piperazine rings is 1. The summed E-state index contributed by atoms with van der Waals surface area (Å²) in [6, 6.07) is -1.66. The minimum absolute atomic E-state index is 0.429. The first-order valence-corrected chi connectivity index (χ1v) is 5.70. The zero-order valence-electron chi connectivity index (χ0n) is 9.93. The average molecular weight is 245 g/mol. The second-order valence-electron chi connectivity index (χ2n) is 3.94. The Bertz CT molecular complexity index is 277. The number of urea groups is 1. The Morgan fingerprint density at radius 2 is 1.88 bits per heavy atom. The van der Waals surface area contributed by atoms with Crippen LogP contribution in [0.5, 0.6) is 0 Å². The second-order valence-corrected chi connectivity index (χ2v) is 3.94. The van der Waals surface area contributed by atoms with Gasteiger partial charge >= 0.3 is 12.0 Å². The van der Waals surface area contributed by atoms with E-state index in [-0.39, 0.29) is 0 Å². The molecule has 17 heavy (non-hydrogen) atoms. The molecule has 0 aromatic rings. The second kappa shape index (κ2) is 6.41. The smallest absolute Gasteiger partial charge is 0.328 e. The van der Waals surface area contributed by atoms with Crippen LogP contribution in [0.25, 0.3) is 0 Å². The lowest BCUT2D eigenvalue weighted by Gasteiger charge is -2.34. The third kappa shape index (κ3) is 3.86. The van der Waals surface area contributed by atoms with Crippen LogP contribution in [0, 0.1) is 0 Å². The van der Waals surface area contributed by atoms with Gasteiger partial charge in [0.25, 0.3) is 0 Å². The maximum absolute atomic E-state index is 11.7. The Balaban J connectivity index is 2.41. The molecule has 0 aromatic carbocycles. The highest BCUT2D eigenvalue weighted by Crippen LogP contribution is 2.01. The molecule has 0 aromatic heterocycles. The van der Waals surface area contributed by atoms with Crippen molar-refractivity contribution in [2.24, 2.45) is 0 Å². The van der Waals surface area contributed by atoms with Crippen LogP contribution >= 0.6 is 0 Å². The first-order valence-electron chi connectivity index (χ1n) is 5.70. The number of nitrogens with zero attached hydrogens (tertiary/aromatic N) is 2. The maximum atomic E-state index is 11.7. The Hall–Kier alpha value is -1.34. The van der Waals surface area contributed by atoms with E-state index >= 15 is 0 Å². The van der Waals surface area contributed by atoms with E-state index in [0.29, 0.717) is 13.1 Å². The average Bonchev–Trinajstić information content (AvgIpc) is 2.35. The van der Waals surface area contributed by atoms with Crippen molar-refractivity contribution < 1.29 is 19.8 Å². The molecule has 1 heterocycles. The SMILES string of the molecule is CCN1CCN(C(=O)N[C@H](CO)C(=O)O)CC1. The van der Waals surface area contributed by atoms with Gasteiger partial charge in [-0.2, -0.15) is 0 Å². The number of nitrogens with one attached hydrogen (secondary N) is 1. The van der Waals surface area contributed by atoms with Gasteiger partial charge in [-0.05, 0) is 6.54 Å². The van der Waals surface area contributed by atoms with Crippen LogP contribution in [0.3, 0.4) is 0 Å². The van der Waals surface area contributed by atoms with E-state index in [0.717, 1.165) is 19.6 Å². The molecule has 3 N–H and O–H groups in total. The van der Waals surface area contributed by atoms with Crippen molar-refractivity contribution in [1.82, 2.24) is 15.1 Å². The van der Waals surface area contributed by atoms with Crippen molar-refractivity contribution in [2.75, 3.05) is 39.3 Å². The van der Waals surface area contributed by atoms with Crippen molar-refractivity contribution in [1.29, 1.82) is 0 Å². The van der Waals surface area contributed by atoms with E-state index in [9.17, 15) is 9.59 Å². The van der Waals surface area contributed by atoms with Crippen LogP contribution in [0.2, 0.25) is 0 Å². The van der Waals surface area contributed by atoms with E-state index < -0.39 is 24.6 Å². The first kappa shape index (κ1) is 13.7. The Kier molecular flexibility index (Phi) is 5.17. The van der Waals surface area contributed by atoms with E-state index in [1.54, 1.807) is 4.90 Å². The van der Waals surface area contributed by atoms with Crippen LogP contribution < -0.4 is 5.32 Å². The van der Waals surface area contributed by atoms with E-state index in [1.807, 2.05) is 0 Å². The molecule has 1 aliphatic heterocycles. The number of carboxylic acids is 1. The largest absolute Gasteiger partial charge is 0.480 e. The number of carboxylic acid groups (broad SMARTS) is 1. The predicted octanol–water partition coefficient (Wildman–Crippen LogP) is -1.22. The number of hydrogen-bond donors (Lipinski definition) is 3. The Morgan fingerprint density at radius 1 is 1.29 bits per heavy atom. The molecule has 0 spiro atoms. The number of hydrogen-bond acceptors (Lipinski definition) is 4. The number of rotatable bonds is 4. The lowest BCUT2D eigenvalue weighted by molar-refractivity contribution is -0.140. The summed E-state index contributed by atoms with van der Waals surface area (Å²) in [7, 11) is 0. The molecule has 0 aliphatic carbocycles.